The summed E-state index contributed by atoms with van der Waals surface area (Å²) >= 11 is 0. The zero-order valence-electron chi connectivity index (χ0n) is 12.4. The fourth-order valence-electron chi connectivity index (χ4n) is 2.35. The first-order valence-electron chi connectivity index (χ1n) is 7.40. The summed E-state index contributed by atoms with van der Waals surface area (Å²) in [4.78, 5) is 14.7. The minimum Gasteiger partial charge on any atom is -0.293 e. The molecule has 1 aliphatic rings. The van der Waals surface area contributed by atoms with Crippen LogP contribution in [0, 0.1) is 12.8 Å². The highest BCUT2D eigenvalue weighted by atomic mass is 16.1. The van der Waals surface area contributed by atoms with Crippen LogP contribution in [0.3, 0.4) is 0 Å². The molecule has 1 aromatic carbocycles. The zero-order valence-corrected chi connectivity index (χ0v) is 12.4. The Morgan fingerprint density at radius 2 is 2.11 bits per heavy atom. The number of carbonyl (C=O) groups excluding carboxylic acids is 1. The molecule has 0 saturated heterocycles. The lowest BCUT2D eigenvalue weighted by Gasteiger charge is -2.22. The van der Waals surface area contributed by atoms with E-state index in [0.717, 1.165) is 17.7 Å². The molecule has 2 heteroatoms. The quantitative estimate of drug-likeness (QED) is 0.696. The number of hydrogen-bond acceptors (Lipinski definition) is 2. The summed E-state index contributed by atoms with van der Waals surface area (Å²) in [5.74, 6) is 0.967. The minimum atomic E-state index is 0.263. The van der Waals surface area contributed by atoms with Crippen molar-refractivity contribution in [3.63, 3.8) is 0 Å². The van der Waals surface area contributed by atoms with E-state index in [2.05, 4.69) is 18.7 Å². The van der Waals surface area contributed by atoms with E-state index in [1.165, 1.54) is 19.3 Å². The normalized spacial score (nSPS) is 15.2. The number of rotatable bonds is 7. The molecule has 0 aromatic heterocycles. The van der Waals surface area contributed by atoms with Crippen molar-refractivity contribution in [2.24, 2.45) is 5.92 Å². The Hall–Kier alpha value is -1.15. The van der Waals surface area contributed by atoms with Crippen molar-refractivity contribution in [3.05, 3.63) is 35.4 Å². The molecule has 1 aliphatic carbocycles. The predicted octanol–water partition coefficient (Wildman–Crippen LogP) is 3.69. The van der Waals surface area contributed by atoms with Gasteiger partial charge in [-0.15, -0.1) is 0 Å². The summed E-state index contributed by atoms with van der Waals surface area (Å²) in [6, 6.07) is 8.60. The summed E-state index contributed by atoms with van der Waals surface area (Å²) in [7, 11) is 0. The molecule has 19 heavy (non-hydrogen) atoms. The number of hydrogen-bond donors (Lipinski definition) is 0. The van der Waals surface area contributed by atoms with Crippen molar-refractivity contribution in [2.45, 2.75) is 46.1 Å². The zero-order chi connectivity index (χ0) is 13.8. The van der Waals surface area contributed by atoms with Crippen LogP contribution < -0.4 is 0 Å². The Morgan fingerprint density at radius 1 is 1.37 bits per heavy atom. The van der Waals surface area contributed by atoms with Gasteiger partial charge in [-0.2, -0.15) is 0 Å². The second-order valence-corrected chi connectivity index (χ2v) is 6.18. The lowest BCUT2D eigenvalue weighted by atomic mass is 10.1. The van der Waals surface area contributed by atoms with Gasteiger partial charge >= 0.3 is 0 Å². The Morgan fingerprint density at radius 3 is 2.68 bits per heavy atom. The van der Waals surface area contributed by atoms with E-state index < -0.39 is 0 Å². The van der Waals surface area contributed by atoms with Gasteiger partial charge in [0, 0.05) is 11.6 Å². The van der Waals surface area contributed by atoms with E-state index in [0.29, 0.717) is 18.5 Å². The third-order valence-electron chi connectivity index (χ3n) is 3.74. The largest absolute Gasteiger partial charge is 0.293 e. The predicted molar refractivity (Wildman–Crippen MR) is 79.6 cm³/mol. The molecular weight excluding hydrogens is 234 g/mol. The number of aryl methyl sites for hydroxylation is 1. The van der Waals surface area contributed by atoms with Crippen LogP contribution >= 0.6 is 0 Å². The summed E-state index contributed by atoms with van der Waals surface area (Å²) in [5, 5.41) is 0. The van der Waals surface area contributed by atoms with Crippen molar-refractivity contribution in [2.75, 3.05) is 13.1 Å². The fourth-order valence-corrected chi connectivity index (χ4v) is 2.35. The molecule has 2 rings (SSSR count). The Kier molecular flexibility index (Phi) is 4.76. The SMILES string of the molecule is Cc1cccc(C(=O)CN(CCC(C)C)C2CC2)c1. The van der Waals surface area contributed by atoms with Crippen LogP contribution in [0.15, 0.2) is 24.3 Å². The first kappa shape index (κ1) is 14.3. The molecule has 0 bridgehead atoms. The van der Waals surface area contributed by atoms with Crippen LogP contribution in [0.4, 0.5) is 0 Å². The maximum atomic E-state index is 12.3. The molecule has 0 amide bonds. The van der Waals surface area contributed by atoms with Crippen LogP contribution in [-0.4, -0.2) is 29.8 Å². The van der Waals surface area contributed by atoms with E-state index in [1.54, 1.807) is 0 Å². The number of carbonyl (C=O) groups is 1. The van der Waals surface area contributed by atoms with Crippen LogP contribution in [0.2, 0.25) is 0 Å². The molecule has 1 aromatic rings. The van der Waals surface area contributed by atoms with Crippen molar-refractivity contribution < 1.29 is 4.79 Å². The summed E-state index contributed by atoms with van der Waals surface area (Å²) < 4.78 is 0. The average Bonchev–Trinajstić information content (AvgIpc) is 3.18. The molecule has 0 aliphatic heterocycles. The minimum absolute atomic E-state index is 0.263. The molecule has 1 saturated carbocycles. The molecule has 0 spiro atoms. The fraction of sp³-hybridized carbons (Fsp3) is 0.588. The number of ketones is 1. The van der Waals surface area contributed by atoms with Crippen LogP contribution in [0.5, 0.6) is 0 Å². The first-order chi connectivity index (χ1) is 9.06. The molecule has 2 nitrogen and oxygen atoms in total. The first-order valence-corrected chi connectivity index (χ1v) is 7.40. The lowest BCUT2D eigenvalue weighted by molar-refractivity contribution is 0.0920. The Balaban J connectivity index is 1.95. The molecule has 0 N–H and O–H groups in total. The standard InChI is InChI=1S/C17H25NO/c1-13(2)9-10-18(16-7-8-16)12-17(19)15-6-4-5-14(3)11-15/h4-6,11,13,16H,7-10,12H2,1-3H3. The highest BCUT2D eigenvalue weighted by molar-refractivity contribution is 5.97. The van der Waals surface area contributed by atoms with Crippen LogP contribution in [0.25, 0.3) is 0 Å². The molecule has 104 valence electrons. The second kappa shape index (κ2) is 6.33. The Bertz CT molecular complexity index is 435. The van der Waals surface area contributed by atoms with E-state index in [1.807, 2.05) is 31.2 Å². The summed E-state index contributed by atoms with van der Waals surface area (Å²) in [6.45, 7) is 8.16. The van der Waals surface area contributed by atoms with Gasteiger partial charge in [-0.3, -0.25) is 9.69 Å². The smallest absolute Gasteiger partial charge is 0.176 e. The monoisotopic (exact) mass is 259 g/mol. The number of Topliss-reactive ketones (excluding diaryl/α,β-unsaturated/α-hetero) is 1. The molecular formula is C17H25NO. The maximum Gasteiger partial charge on any atom is 0.176 e. The van der Waals surface area contributed by atoms with Crippen LogP contribution in [-0.2, 0) is 0 Å². The van der Waals surface area contributed by atoms with Gasteiger partial charge in [0.05, 0.1) is 6.54 Å². The van der Waals surface area contributed by atoms with E-state index in [-0.39, 0.29) is 5.78 Å². The molecule has 0 unspecified atom stereocenters. The van der Waals surface area contributed by atoms with E-state index in [9.17, 15) is 4.79 Å². The molecule has 0 atom stereocenters. The maximum absolute atomic E-state index is 12.3. The van der Waals surface area contributed by atoms with Crippen LogP contribution in [0.1, 0.15) is 49.0 Å². The third-order valence-corrected chi connectivity index (χ3v) is 3.74. The van der Waals surface area contributed by atoms with E-state index >= 15 is 0 Å². The van der Waals surface area contributed by atoms with Gasteiger partial charge in [-0.05, 0) is 44.7 Å². The van der Waals surface area contributed by atoms with Crippen molar-refractivity contribution in [3.8, 4) is 0 Å². The third kappa shape index (κ3) is 4.46. The topological polar surface area (TPSA) is 20.3 Å². The number of nitrogens with zero attached hydrogens (tertiary/aromatic N) is 1. The van der Waals surface area contributed by atoms with Gasteiger partial charge in [-0.25, -0.2) is 0 Å². The molecule has 0 radical (unpaired) electrons. The van der Waals surface area contributed by atoms with Gasteiger partial charge in [-0.1, -0.05) is 37.6 Å². The van der Waals surface area contributed by atoms with Gasteiger partial charge in [0.15, 0.2) is 5.78 Å². The van der Waals surface area contributed by atoms with Gasteiger partial charge in [0.1, 0.15) is 0 Å². The molecule has 1 fully saturated rings. The van der Waals surface area contributed by atoms with Crippen molar-refractivity contribution in [1.29, 1.82) is 0 Å². The number of benzene rings is 1. The lowest BCUT2D eigenvalue weighted by Crippen LogP contribution is -2.33. The van der Waals surface area contributed by atoms with Gasteiger partial charge < -0.3 is 0 Å². The van der Waals surface area contributed by atoms with Crippen molar-refractivity contribution in [1.82, 2.24) is 4.90 Å². The molecule has 0 heterocycles. The second-order valence-electron chi connectivity index (χ2n) is 6.18. The Labute approximate surface area is 116 Å². The summed E-state index contributed by atoms with van der Waals surface area (Å²) in [5.41, 5.74) is 2.01. The highest BCUT2D eigenvalue weighted by Gasteiger charge is 2.30. The van der Waals surface area contributed by atoms with Crippen molar-refractivity contribution >= 4 is 5.78 Å². The van der Waals surface area contributed by atoms with E-state index in [4.69, 9.17) is 0 Å². The average molecular weight is 259 g/mol. The highest BCUT2D eigenvalue weighted by Crippen LogP contribution is 2.27. The summed E-state index contributed by atoms with van der Waals surface area (Å²) in [6.07, 6.45) is 3.70. The van der Waals surface area contributed by atoms with Gasteiger partial charge in [0.2, 0.25) is 0 Å². The van der Waals surface area contributed by atoms with Gasteiger partial charge in [0.25, 0.3) is 0 Å².